The fourth-order valence-corrected chi connectivity index (χ4v) is 2.06. The van der Waals surface area contributed by atoms with Gasteiger partial charge in [-0.25, -0.2) is 4.39 Å². The minimum Gasteiger partial charge on any atom is -0.360 e. The van der Waals surface area contributed by atoms with Crippen molar-refractivity contribution in [2.75, 3.05) is 10.6 Å². The van der Waals surface area contributed by atoms with Crippen LogP contribution in [0.25, 0.3) is 0 Å². The lowest BCUT2D eigenvalue weighted by Gasteiger charge is -2.07. The van der Waals surface area contributed by atoms with Crippen LogP contribution in [0.1, 0.15) is 26.5 Å². The van der Waals surface area contributed by atoms with E-state index in [0.29, 0.717) is 5.76 Å². The molecule has 0 aliphatic rings. The molecule has 2 aromatic heterocycles. The van der Waals surface area contributed by atoms with Crippen molar-refractivity contribution < 1.29 is 18.5 Å². The second-order valence-electron chi connectivity index (χ2n) is 5.17. The number of pyridine rings is 1. The molecule has 1 aromatic carbocycles. The second-order valence-corrected chi connectivity index (χ2v) is 5.17. The van der Waals surface area contributed by atoms with Crippen LogP contribution < -0.4 is 10.6 Å². The highest BCUT2D eigenvalue weighted by Gasteiger charge is 2.14. The maximum atomic E-state index is 13.6. The van der Waals surface area contributed by atoms with E-state index < -0.39 is 17.6 Å². The molecule has 2 heterocycles. The summed E-state index contributed by atoms with van der Waals surface area (Å²) in [5, 5.41) is 8.62. The molecule has 3 aromatic rings. The SMILES string of the molecule is Cc1cc(NC(=O)c2cncc(C(=O)Nc3ccccc3F)c2)no1. The van der Waals surface area contributed by atoms with E-state index in [0.717, 1.165) is 0 Å². The molecule has 25 heavy (non-hydrogen) atoms. The molecule has 0 unspecified atom stereocenters. The van der Waals surface area contributed by atoms with Gasteiger partial charge in [0.15, 0.2) is 5.82 Å². The first-order valence-electron chi connectivity index (χ1n) is 7.28. The van der Waals surface area contributed by atoms with Crippen LogP contribution in [-0.2, 0) is 0 Å². The van der Waals surface area contributed by atoms with Crippen molar-refractivity contribution in [1.82, 2.24) is 10.1 Å². The van der Waals surface area contributed by atoms with Gasteiger partial charge >= 0.3 is 0 Å². The Hall–Kier alpha value is -3.55. The molecule has 8 heteroatoms. The number of hydrogen-bond donors (Lipinski definition) is 2. The van der Waals surface area contributed by atoms with Crippen molar-refractivity contribution >= 4 is 23.3 Å². The zero-order valence-electron chi connectivity index (χ0n) is 13.1. The number of carbonyl (C=O) groups excluding carboxylic acids is 2. The van der Waals surface area contributed by atoms with E-state index in [2.05, 4.69) is 20.8 Å². The van der Waals surface area contributed by atoms with Gasteiger partial charge < -0.3 is 15.2 Å². The van der Waals surface area contributed by atoms with Gasteiger partial charge in [-0.2, -0.15) is 0 Å². The highest BCUT2D eigenvalue weighted by atomic mass is 19.1. The fraction of sp³-hybridized carbons (Fsp3) is 0.0588. The topological polar surface area (TPSA) is 97.1 Å². The number of aryl methyl sites for hydroxylation is 1. The van der Waals surface area contributed by atoms with Crippen LogP contribution in [0.15, 0.2) is 53.3 Å². The van der Waals surface area contributed by atoms with Crippen molar-refractivity contribution in [1.29, 1.82) is 0 Å². The quantitative estimate of drug-likeness (QED) is 0.761. The summed E-state index contributed by atoms with van der Waals surface area (Å²) in [5.74, 6) is -0.833. The standard InChI is InChI=1S/C17H13FN4O3/c1-10-6-15(22-25-10)21-17(24)12-7-11(8-19-9-12)16(23)20-14-5-3-2-4-13(14)18/h2-9H,1H3,(H,20,23)(H,21,22,24). The lowest BCUT2D eigenvalue weighted by atomic mass is 10.2. The number of hydrogen-bond acceptors (Lipinski definition) is 5. The van der Waals surface area contributed by atoms with Crippen LogP contribution in [-0.4, -0.2) is 22.0 Å². The number of carbonyl (C=O) groups is 2. The molecule has 0 aliphatic heterocycles. The summed E-state index contributed by atoms with van der Waals surface area (Å²) < 4.78 is 18.5. The number of aromatic nitrogens is 2. The number of rotatable bonds is 4. The monoisotopic (exact) mass is 340 g/mol. The van der Waals surface area contributed by atoms with E-state index in [1.54, 1.807) is 19.1 Å². The molecule has 0 saturated carbocycles. The predicted octanol–water partition coefficient (Wildman–Crippen LogP) is 3.02. The van der Waals surface area contributed by atoms with Gasteiger partial charge in [0, 0.05) is 18.5 Å². The summed E-state index contributed by atoms with van der Waals surface area (Å²) in [4.78, 5) is 28.3. The molecule has 0 fully saturated rings. The average Bonchev–Trinajstić information content (AvgIpc) is 3.02. The number of para-hydroxylation sites is 1. The van der Waals surface area contributed by atoms with Gasteiger partial charge in [0.05, 0.1) is 16.8 Å². The first-order valence-corrected chi connectivity index (χ1v) is 7.28. The molecule has 2 amide bonds. The molecule has 0 bridgehead atoms. The van der Waals surface area contributed by atoms with Gasteiger partial charge in [0.1, 0.15) is 11.6 Å². The molecule has 126 valence electrons. The van der Waals surface area contributed by atoms with E-state index >= 15 is 0 Å². The van der Waals surface area contributed by atoms with Crippen LogP contribution >= 0.6 is 0 Å². The van der Waals surface area contributed by atoms with E-state index in [1.165, 1.54) is 36.7 Å². The first-order chi connectivity index (χ1) is 12.0. The Morgan fingerprint density at radius 3 is 2.36 bits per heavy atom. The number of halogens is 1. The van der Waals surface area contributed by atoms with Gasteiger partial charge in [-0.15, -0.1) is 0 Å². The van der Waals surface area contributed by atoms with E-state index in [4.69, 9.17) is 4.52 Å². The van der Waals surface area contributed by atoms with Crippen LogP contribution in [0.5, 0.6) is 0 Å². The first kappa shape index (κ1) is 16.3. The zero-order valence-corrected chi connectivity index (χ0v) is 13.1. The van der Waals surface area contributed by atoms with Gasteiger partial charge in [0.25, 0.3) is 11.8 Å². The smallest absolute Gasteiger partial charge is 0.258 e. The van der Waals surface area contributed by atoms with Gasteiger partial charge in [-0.3, -0.25) is 14.6 Å². The third-order valence-corrected chi connectivity index (χ3v) is 3.25. The van der Waals surface area contributed by atoms with Gasteiger partial charge in [-0.05, 0) is 25.1 Å². The maximum absolute atomic E-state index is 13.6. The van der Waals surface area contributed by atoms with Crippen LogP contribution in [0.2, 0.25) is 0 Å². The summed E-state index contributed by atoms with van der Waals surface area (Å²) in [6, 6.07) is 8.69. The summed E-state index contributed by atoms with van der Waals surface area (Å²) in [6.45, 7) is 1.69. The Balaban J connectivity index is 1.75. The number of nitrogens with zero attached hydrogens (tertiary/aromatic N) is 2. The third kappa shape index (κ3) is 3.86. The van der Waals surface area contributed by atoms with Crippen molar-refractivity contribution in [3.63, 3.8) is 0 Å². The highest BCUT2D eigenvalue weighted by molar-refractivity contribution is 6.08. The molecule has 0 spiro atoms. The Kier molecular flexibility index (Phi) is 4.51. The minimum absolute atomic E-state index is 0.0421. The summed E-state index contributed by atoms with van der Waals surface area (Å²) in [5.41, 5.74) is 0.314. The normalized spacial score (nSPS) is 10.3. The van der Waals surface area contributed by atoms with Crippen molar-refractivity contribution in [3.8, 4) is 0 Å². The minimum atomic E-state index is -0.579. The number of anilines is 2. The van der Waals surface area contributed by atoms with Gasteiger partial charge in [0.2, 0.25) is 0 Å². The summed E-state index contributed by atoms with van der Waals surface area (Å²) in [7, 11) is 0. The summed E-state index contributed by atoms with van der Waals surface area (Å²) >= 11 is 0. The Morgan fingerprint density at radius 2 is 1.72 bits per heavy atom. The predicted molar refractivity (Wildman–Crippen MR) is 87.8 cm³/mol. The van der Waals surface area contributed by atoms with E-state index in [9.17, 15) is 14.0 Å². The van der Waals surface area contributed by atoms with E-state index in [-0.39, 0.29) is 22.6 Å². The largest absolute Gasteiger partial charge is 0.360 e. The van der Waals surface area contributed by atoms with Crippen molar-refractivity contribution in [2.45, 2.75) is 6.92 Å². The molecule has 7 nitrogen and oxygen atoms in total. The number of nitrogens with one attached hydrogen (secondary N) is 2. The molecular weight excluding hydrogens is 327 g/mol. The second kappa shape index (κ2) is 6.91. The van der Waals surface area contributed by atoms with Gasteiger partial charge in [-0.1, -0.05) is 17.3 Å². The number of benzene rings is 1. The highest BCUT2D eigenvalue weighted by Crippen LogP contribution is 2.15. The molecule has 3 rings (SSSR count). The fourth-order valence-electron chi connectivity index (χ4n) is 2.06. The Labute approximate surface area is 141 Å². The zero-order chi connectivity index (χ0) is 17.8. The molecule has 0 aliphatic carbocycles. The summed E-state index contributed by atoms with van der Waals surface area (Å²) in [6.07, 6.45) is 2.59. The Morgan fingerprint density at radius 1 is 1.04 bits per heavy atom. The lowest BCUT2D eigenvalue weighted by molar-refractivity contribution is 0.102. The van der Waals surface area contributed by atoms with Crippen molar-refractivity contribution in [3.05, 3.63) is 71.5 Å². The Bertz CT molecular complexity index is 939. The molecule has 0 radical (unpaired) electrons. The molecule has 2 N–H and O–H groups in total. The average molecular weight is 340 g/mol. The third-order valence-electron chi connectivity index (χ3n) is 3.25. The van der Waals surface area contributed by atoms with E-state index in [1.807, 2.05) is 0 Å². The number of amides is 2. The van der Waals surface area contributed by atoms with Crippen LogP contribution in [0.4, 0.5) is 15.9 Å². The molecule has 0 saturated heterocycles. The van der Waals surface area contributed by atoms with Crippen LogP contribution in [0, 0.1) is 12.7 Å². The van der Waals surface area contributed by atoms with Crippen molar-refractivity contribution in [2.24, 2.45) is 0 Å². The van der Waals surface area contributed by atoms with Crippen LogP contribution in [0.3, 0.4) is 0 Å². The molecular formula is C17H13FN4O3. The molecule has 0 atom stereocenters. The maximum Gasteiger partial charge on any atom is 0.258 e. The lowest BCUT2D eigenvalue weighted by Crippen LogP contribution is -2.16.